The average Bonchev–Trinajstić information content (AvgIpc) is 3.60. The van der Waals surface area contributed by atoms with Crippen molar-refractivity contribution in [3.8, 4) is 0 Å². The molecule has 5 rings (SSSR count). The van der Waals surface area contributed by atoms with Crippen LogP contribution >= 0.6 is 0 Å². The van der Waals surface area contributed by atoms with E-state index in [0.29, 0.717) is 29.5 Å². The molecule has 3 unspecified atom stereocenters. The van der Waals surface area contributed by atoms with Crippen molar-refractivity contribution in [1.29, 1.82) is 0 Å². The smallest absolute Gasteiger partial charge is 0.326 e. The number of benzene rings is 3. The van der Waals surface area contributed by atoms with Crippen molar-refractivity contribution >= 4 is 17.8 Å². The Hall–Kier alpha value is -4.18. The second-order valence-corrected chi connectivity index (χ2v) is 10.6. The molecule has 2 heterocycles. The molecule has 2 aliphatic rings. The third-order valence-electron chi connectivity index (χ3n) is 8.13. The van der Waals surface area contributed by atoms with E-state index in [4.69, 9.17) is 0 Å². The number of aliphatic hydroxyl groups is 1. The van der Waals surface area contributed by atoms with E-state index in [0.717, 1.165) is 0 Å². The first-order valence-electron chi connectivity index (χ1n) is 13.4. The number of hydrogen-bond acceptors (Lipinski definition) is 4. The van der Waals surface area contributed by atoms with E-state index >= 15 is 0 Å². The highest BCUT2D eigenvalue weighted by Gasteiger charge is 2.47. The molecular weight excluding hydrogens is 537 g/mol. The van der Waals surface area contributed by atoms with Gasteiger partial charge in [-0.15, -0.1) is 0 Å². The summed E-state index contributed by atoms with van der Waals surface area (Å²) >= 11 is 0. The largest absolute Gasteiger partial charge is 0.480 e. The van der Waals surface area contributed by atoms with Crippen LogP contribution in [-0.2, 0) is 19.8 Å². The van der Waals surface area contributed by atoms with Crippen LogP contribution in [-0.4, -0.2) is 69.1 Å². The first-order chi connectivity index (χ1) is 19.6. The second kappa shape index (κ2) is 11.4. The summed E-state index contributed by atoms with van der Waals surface area (Å²) in [5.41, 5.74) is 0.0561. The Labute approximate surface area is 234 Å². The molecule has 0 saturated carbocycles. The van der Waals surface area contributed by atoms with E-state index in [1.165, 1.54) is 82.6 Å². The van der Waals surface area contributed by atoms with Crippen LogP contribution in [0.25, 0.3) is 0 Å². The molecule has 0 spiro atoms. The van der Waals surface area contributed by atoms with Gasteiger partial charge in [-0.3, -0.25) is 9.59 Å². The van der Waals surface area contributed by atoms with E-state index in [2.05, 4.69) is 0 Å². The van der Waals surface area contributed by atoms with Crippen LogP contribution in [0, 0.1) is 17.5 Å². The number of likely N-dealkylation sites (tertiary alicyclic amines) is 2. The maximum Gasteiger partial charge on any atom is 0.326 e. The van der Waals surface area contributed by atoms with Gasteiger partial charge in [-0.2, -0.15) is 0 Å². The summed E-state index contributed by atoms with van der Waals surface area (Å²) in [5.74, 6) is -3.76. The number of carboxylic acids is 1. The van der Waals surface area contributed by atoms with Gasteiger partial charge in [-0.25, -0.2) is 18.0 Å². The maximum absolute atomic E-state index is 14.2. The fourth-order valence-corrected chi connectivity index (χ4v) is 6.14. The van der Waals surface area contributed by atoms with Crippen molar-refractivity contribution in [3.63, 3.8) is 0 Å². The lowest BCUT2D eigenvalue weighted by atomic mass is 9.67. The number of halogens is 3. The highest BCUT2D eigenvalue weighted by molar-refractivity contribution is 5.92. The highest BCUT2D eigenvalue weighted by Crippen LogP contribution is 2.43. The van der Waals surface area contributed by atoms with Crippen molar-refractivity contribution in [1.82, 2.24) is 9.80 Å². The Morgan fingerprint density at radius 3 is 1.66 bits per heavy atom. The van der Waals surface area contributed by atoms with Crippen molar-refractivity contribution in [2.45, 2.75) is 49.3 Å². The zero-order chi connectivity index (χ0) is 29.3. The number of carboxylic acid groups (broad SMARTS) is 1. The fourth-order valence-electron chi connectivity index (χ4n) is 6.14. The van der Waals surface area contributed by atoms with Crippen molar-refractivity contribution in [3.05, 3.63) is 107 Å². The first kappa shape index (κ1) is 28.4. The minimum absolute atomic E-state index is 0.0515. The molecule has 2 fully saturated rings. The molecule has 0 aliphatic carbocycles. The molecule has 10 heteroatoms. The third kappa shape index (κ3) is 5.44. The van der Waals surface area contributed by atoms with Gasteiger partial charge in [0.15, 0.2) is 0 Å². The first-order valence-corrected chi connectivity index (χ1v) is 13.4. The summed E-state index contributed by atoms with van der Waals surface area (Å²) < 4.78 is 42.1. The molecule has 2 aliphatic heterocycles. The molecule has 41 heavy (non-hydrogen) atoms. The summed E-state index contributed by atoms with van der Waals surface area (Å²) in [6, 6.07) is 14.3. The Bertz CT molecular complexity index is 1320. The summed E-state index contributed by atoms with van der Waals surface area (Å²) in [5, 5.41) is 20.1. The number of nitrogens with zero attached hydrogens (tertiary/aromatic N) is 2. The summed E-state index contributed by atoms with van der Waals surface area (Å²) in [6.07, 6.45) is -0.573. The van der Waals surface area contributed by atoms with Gasteiger partial charge in [0.05, 0.1) is 11.5 Å². The number of β-amino-alcohol motifs (C(OH)–C–C–N with tert-alkyl or cyclic N) is 1. The van der Waals surface area contributed by atoms with E-state index in [9.17, 15) is 37.8 Å². The van der Waals surface area contributed by atoms with E-state index < -0.39 is 58.8 Å². The summed E-state index contributed by atoms with van der Waals surface area (Å²) in [4.78, 5) is 42.0. The Balaban J connectivity index is 1.59. The Kier molecular flexibility index (Phi) is 7.86. The van der Waals surface area contributed by atoms with Gasteiger partial charge in [-0.05, 0) is 65.9 Å². The quantitative estimate of drug-likeness (QED) is 0.424. The number of rotatable bonds is 7. The highest BCUT2D eigenvalue weighted by atomic mass is 19.1. The van der Waals surface area contributed by atoms with Gasteiger partial charge in [0, 0.05) is 25.9 Å². The van der Waals surface area contributed by atoms with Gasteiger partial charge in [0.2, 0.25) is 11.8 Å². The third-order valence-corrected chi connectivity index (χ3v) is 8.13. The topological polar surface area (TPSA) is 98.2 Å². The van der Waals surface area contributed by atoms with Crippen LogP contribution < -0.4 is 0 Å². The van der Waals surface area contributed by atoms with Crippen LogP contribution in [0.15, 0.2) is 72.8 Å². The van der Waals surface area contributed by atoms with Gasteiger partial charge in [0.25, 0.3) is 0 Å². The minimum atomic E-state index is -1.36. The van der Waals surface area contributed by atoms with Crippen molar-refractivity contribution < 1.29 is 37.8 Å². The lowest BCUT2D eigenvalue weighted by Gasteiger charge is -2.38. The van der Waals surface area contributed by atoms with Crippen LogP contribution in [0.5, 0.6) is 0 Å². The maximum atomic E-state index is 14.2. The SMILES string of the molecule is O=C(O)C1CCCN1C(=O)C1CC(O)CN1C(=O)CC(c1ccc(F)cc1)(c1ccc(F)cc1)c1ccc(F)cc1. The zero-order valence-corrected chi connectivity index (χ0v) is 22.1. The average molecular weight is 567 g/mol. The van der Waals surface area contributed by atoms with Crippen molar-refractivity contribution in [2.75, 3.05) is 13.1 Å². The van der Waals surface area contributed by atoms with Crippen LogP contribution in [0.3, 0.4) is 0 Å². The van der Waals surface area contributed by atoms with Gasteiger partial charge >= 0.3 is 5.97 Å². The predicted octanol–water partition coefficient (Wildman–Crippen LogP) is 3.87. The monoisotopic (exact) mass is 566 g/mol. The van der Waals surface area contributed by atoms with Crippen LogP contribution in [0.4, 0.5) is 13.2 Å². The molecule has 3 atom stereocenters. The molecular formula is C31H29F3N2O5. The number of aliphatic carboxylic acids is 1. The molecule has 2 saturated heterocycles. The summed E-state index contributed by atoms with van der Waals surface area (Å²) in [6.45, 7) is 0.0856. The lowest BCUT2D eigenvalue weighted by Crippen LogP contribution is -2.51. The van der Waals surface area contributed by atoms with E-state index in [1.54, 1.807) is 0 Å². The molecule has 2 amide bonds. The van der Waals surface area contributed by atoms with Crippen molar-refractivity contribution in [2.24, 2.45) is 0 Å². The molecule has 0 bridgehead atoms. The molecule has 2 N–H and O–H groups in total. The number of carbonyl (C=O) groups excluding carboxylic acids is 2. The van der Waals surface area contributed by atoms with E-state index in [-0.39, 0.29) is 25.9 Å². The standard InChI is InChI=1S/C31H29F3N2O5/c32-22-9-3-19(4-10-22)31(20-5-11-23(33)12-6-20,21-7-13-24(34)14-8-21)17-28(38)36-18-25(37)16-27(36)29(39)35-15-1-2-26(35)30(40)41/h3-14,25-27,37H,1-2,15-18H2,(H,40,41). The van der Waals surface area contributed by atoms with Gasteiger partial charge < -0.3 is 20.0 Å². The molecule has 7 nitrogen and oxygen atoms in total. The van der Waals surface area contributed by atoms with E-state index in [1.807, 2.05) is 0 Å². The normalized spacial score (nSPS) is 20.8. The van der Waals surface area contributed by atoms with Crippen LogP contribution in [0.2, 0.25) is 0 Å². The number of amides is 2. The van der Waals surface area contributed by atoms with Crippen LogP contribution in [0.1, 0.15) is 42.4 Å². The predicted molar refractivity (Wildman–Crippen MR) is 142 cm³/mol. The number of aliphatic hydroxyl groups excluding tert-OH is 1. The van der Waals surface area contributed by atoms with Gasteiger partial charge in [0.1, 0.15) is 29.5 Å². The second-order valence-electron chi connectivity index (χ2n) is 10.6. The molecule has 214 valence electrons. The number of hydrogen-bond donors (Lipinski definition) is 2. The molecule has 3 aromatic rings. The molecule has 0 radical (unpaired) electrons. The minimum Gasteiger partial charge on any atom is -0.480 e. The number of carbonyl (C=O) groups is 3. The molecule has 0 aromatic heterocycles. The molecule has 3 aromatic carbocycles. The summed E-state index contributed by atoms with van der Waals surface area (Å²) in [7, 11) is 0. The lowest BCUT2D eigenvalue weighted by molar-refractivity contribution is -0.151. The zero-order valence-electron chi connectivity index (χ0n) is 22.1. The Morgan fingerprint density at radius 1 is 0.756 bits per heavy atom. The Morgan fingerprint density at radius 2 is 1.22 bits per heavy atom. The van der Waals surface area contributed by atoms with Gasteiger partial charge in [-0.1, -0.05) is 36.4 Å². The fraction of sp³-hybridized carbons (Fsp3) is 0.323.